The fourth-order valence-corrected chi connectivity index (χ4v) is 7.52. The molecule has 6 rings (SSSR count). The van der Waals surface area contributed by atoms with Crippen molar-refractivity contribution in [3.8, 4) is 0 Å². The molecule has 4 aromatic rings. The van der Waals surface area contributed by atoms with Gasteiger partial charge in [-0.1, -0.05) is 53.7 Å². The van der Waals surface area contributed by atoms with E-state index in [2.05, 4.69) is 14.7 Å². The molecule has 10 heteroatoms. The summed E-state index contributed by atoms with van der Waals surface area (Å²) in [6, 6.07) is 21.7. The topological polar surface area (TPSA) is 66.7 Å². The number of likely N-dealkylation sites (tertiary alicyclic amines) is 1. The summed E-state index contributed by atoms with van der Waals surface area (Å²) in [5.41, 5.74) is 3.79. The van der Waals surface area contributed by atoms with Gasteiger partial charge in [0.1, 0.15) is 5.65 Å². The van der Waals surface area contributed by atoms with Crippen LogP contribution >= 0.6 is 47.5 Å². The normalized spacial score (nSPS) is 14.8. The summed E-state index contributed by atoms with van der Waals surface area (Å²) in [5.74, 6) is 1.44. The highest BCUT2D eigenvalue weighted by atomic mass is 35.5. The van der Waals surface area contributed by atoms with Gasteiger partial charge in [-0.2, -0.15) is 0 Å². The van der Waals surface area contributed by atoms with Gasteiger partial charge in [0.25, 0.3) is 11.8 Å². The van der Waals surface area contributed by atoms with Gasteiger partial charge >= 0.3 is 0 Å². The Kier molecular flexibility index (Phi) is 10.2. The minimum Gasteiger partial charge on any atom is -0.352 e. The molecule has 4 heterocycles. The molecule has 0 saturated carbocycles. The summed E-state index contributed by atoms with van der Waals surface area (Å²) in [7, 11) is 0. The minimum absolute atomic E-state index is 0. The fourth-order valence-electron chi connectivity index (χ4n) is 5.38. The zero-order valence-corrected chi connectivity index (χ0v) is 26.2. The third-order valence-corrected chi connectivity index (χ3v) is 10.1. The van der Waals surface area contributed by atoms with Crippen LogP contribution in [-0.2, 0) is 10.5 Å². The number of carbonyl (C=O) groups excluding carboxylic acids is 2. The smallest absolute Gasteiger partial charge is 0.258 e. The van der Waals surface area contributed by atoms with Gasteiger partial charge in [0.2, 0.25) is 0 Å². The molecule has 42 heavy (non-hydrogen) atoms. The van der Waals surface area contributed by atoms with Gasteiger partial charge in [-0.15, -0.1) is 24.2 Å². The van der Waals surface area contributed by atoms with Gasteiger partial charge in [-0.3, -0.25) is 14.0 Å². The number of piperidine rings is 1. The first-order chi connectivity index (χ1) is 20.0. The average molecular weight is 640 g/mol. The highest BCUT2D eigenvalue weighted by molar-refractivity contribution is 8.04. The molecule has 2 amide bonds. The lowest BCUT2D eigenvalue weighted by atomic mass is 9.92. The zero-order chi connectivity index (χ0) is 28.2. The van der Waals surface area contributed by atoms with Gasteiger partial charge in [0.05, 0.1) is 27.4 Å². The number of nitrogens with one attached hydrogen (secondary N) is 1. The van der Waals surface area contributed by atoms with Crippen molar-refractivity contribution in [2.24, 2.45) is 5.92 Å². The maximum absolute atomic E-state index is 13.4. The van der Waals surface area contributed by atoms with E-state index in [0.717, 1.165) is 76.4 Å². The Bertz CT molecular complexity index is 1600. The van der Waals surface area contributed by atoms with E-state index in [-0.39, 0.29) is 24.2 Å². The van der Waals surface area contributed by atoms with Gasteiger partial charge in [0.15, 0.2) is 0 Å². The van der Waals surface area contributed by atoms with Gasteiger partial charge < -0.3 is 10.2 Å². The molecule has 218 valence electrons. The van der Waals surface area contributed by atoms with E-state index in [9.17, 15) is 9.59 Å². The van der Waals surface area contributed by atoms with Crippen molar-refractivity contribution < 1.29 is 9.59 Å². The van der Waals surface area contributed by atoms with Crippen LogP contribution in [0.25, 0.3) is 11.7 Å². The van der Waals surface area contributed by atoms with Crippen molar-refractivity contribution in [3.05, 3.63) is 99.7 Å². The minimum atomic E-state index is -0.0348. The number of hydrogen-bond acceptors (Lipinski definition) is 5. The third kappa shape index (κ3) is 7.00. The lowest BCUT2D eigenvalue weighted by Crippen LogP contribution is -2.38. The Balaban J connectivity index is 0.00000353. The van der Waals surface area contributed by atoms with Crippen LogP contribution in [0.5, 0.6) is 0 Å². The summed E-state index contributed by atoms with van der Waals surface area (Å²) in [6.07, 6.45) is 7.69. The molecule has 0 aliphatic carbocycles. The number of halogens is 2. The highest BCUT2D eigenvalue weighted by Crippen LogP contribution is 2.34. The summed E-state index contributed by atoms with van der Waals surface area (Å²) < 4.78 is 2.07. The predicted octanol–water partition coefficient (Wildman–Crippen LogP) is 7.60. The molecule has 1 N–H and O–H groups in total. The van der Waals surface area contributed by atoms with Crippen LogP contribution in [0.3, 0.4) is 0 Å². The Morgan fingerprint density at radius 1 is 1.02 bits per heavy atom. The van der Waals surface area contributed by atoms with Crippen molar-refractivity contribution >= 4 is 71.1 Å². The zero-order valence-electron chi connectivity index (χ0n) is 23.0. The number of nitrogens with zero attached hydrogens (tertiary/aromatic N) is 3. The third-order valence-electron chi connectivity index (χ3n) is 7.64. The second kappa shape index (κ2) is 14.0. The van der Waals surface area contributed by atoms with Crippen molar-refractivity contribution in [2.75, 3.05) is 19.6 Å². The van der Waals surface area contributed by atoms with E-state index in [1.807, 2.05) is 83.9 Å². The monoisotopic (exact) mass is 638 g/mol. The van der Waals surface area contributed by atoms with E-state index in [1.165, 1.54) is 17.3 Å². The van der Waals surface area contributed by atoms with Crippen LogP contribution in [0.15, 0.2) is 87.8 Å². The molecule has 0 atom stereocenters. The molecular formula is C32H32Cl2N4O2S2. The van der Waals surface area contributed by atoms with E-state index in [1.54, 1.807) is 11.8 Å². The molecule has 2 aromatic carbocycles. The largest absolute Gasteiger partial charge is 0.352 e. The van der Waals surface area contributed by atoms with Crippen molar-refractivity contribution in [1.29, 1.82) is 0 Å². The summed E-state index contributed by atoms with van der Waals surface area (Å²) >= 11 is 9.18. The molecule has 6 nitrogen and oxygen atoms in total. The number of benzene rings is 2. The Hall–Kier alpha value is -2.91. The number of aromatic nitrogens is 2. The average Bonchev–Trinajstić information content (AvgIpc) is 3.43. The Labute approximate surface area is 265 Å². The molecule has 1 fully saturated rings. The van der Waals surface area contributed by atoms with E-state index in [4.69, 9.17) is 11.6 Å². The fraction of sp³-hybridized carbons (Fsp3) is 0.281. The maximum atomic E-state index is 13.4. The molecule has 2 aromatic heterocycles. The lowest BCUT2D eigenvalue weighted by Gasteiger charge is -2.32. The van der Waals surface area contributed by atoms with E-state index in [0.29, 0.717) is 17.4 Å². The second-order valence-electron chi connectivity index (χ2n) is 10.4. The van der Waals surface area contributed by atoms with Crippen molar-refractivity contribution in [3.63, 3.8) is 0 Å². The van der Waals surface area contributed by atoms with Crippen LogP contribution in [0.1, 0.15) is 47.3 Å². The summed E-state index contributed by atoms with van der Waals surface area (Å²) in [4.78, 5) is 34.4. The number of imidazole rings is 1. The quantitative estimate of drug-likeness (QED) is 0.151. The predicted molar refractivity (Wildman–Crippen MR) is 175 cm³/mol. The maximum Gasteiger partial charge on any atom is 0.258 e. The number of thioether (sulfide) groups is 2. The van der Waals surface area contributed by atoms with Crippen LogP contribution in [-0.4, -0.2) is 45.7 Å². The molecule has 0 spiro atoms. The van der Waals surface area contributed by atoms with Gasteiger partial charge in [-0.05, 0) is 79.6 Å². The molecule has 0 bridgehead atoms. The Morgan fingerprint density at radius 3 is 2.62 bits per heavy atom. The summed E-state index contributed by atoms with van der Waals surface area (Å²) in [5, 5.41) is 4.83. The molecule has 0 unspecified atom stereocenters. The van der Waals surface area contributed by atoms with Crippen LogP contribution in [0, 0.1) is 5.92 Å². The molecule has 2 aliphatic rings. The van der Waals surface area contributed by atoms with E-state index < -0.39 is 0 Å². The van der Waals surface area contributed by atoms with Crippen LogP contribution < -0.4 is 5.32 Å². The molecule has 0 radical (unpaired) electrons. The number of amides is 2. The lowest BCUT2D eigenvalue weighted by molar-refractivity contribution is -0.116. The van der Waals surface area contributed by atoms with Gasteiger partial charge in [-0.25, -0.2) is 4.98 Å². The summed E-state index contributed by atoms with van der Waals surface area (Å²) in [6.45, 7) is 2.20. The van der Waals surface area contributed by atoms with Crippen molar-refractivity contribution in [1.82, 2.24) is 19.6 Å². The standard InChI is InChI=1S/C32H31ClN4O2S2.ClH/c33-24-12-10-23(11-13-24)21-40-27-7-2-1-6-26(27)32(39)36-17-14-22(15-18-36)5-4-16-34-31(38)28-19-25-20-35-29-8-3-9-30(41-28)37(25)29;/h1-3,6-13,19-20,22H,4-5,14-18,21H2,(H,34,38);1H. The number of pyridine rings is 1. The first kappa shape index (κ1) is 30.5. The number of carbonyl (C=O) groups is 2. The first-order valence-corrected chi connectivity index (χ1v) is 16.1. The van der Waals surface area contributed by atoms with Crippen LogP contribution in [0.4, 0.5) is 0 Å². The second-order valence-corrected chi connectivity index (χ2v) is 12.9. The molecule has 2 aliphatic heterocycles. The Morgan fingerprint density at radius 2 is 1.81 bits per heavy atom. The molecular weight excluding hydrogens is 607 g/mol. The van der Waals surface area contributed by atoms with Crippen molar-refractivity contribution in [2.45, 2.75) is 41.4 Å². The molecule has 1 saturated heterocycles. The van der Waals surface area contributed by atoms with Crippen LogP contribution in [0.2, 0.25) is 5.02 Å². The van der Waals surface area contributed by atoms with E-state index >= 15 is 0 Å². The first-order valence-electron chi connectivity index (χ1n) is 13.9. The number of rotatable bonds is 9. The SMILES string of the molecule is Cl.O=C(NCCCC1CCN(C(=O)c2ccccc2SCc2ccc(Cl)cc2)CC1)C1=Cc2cnc3cccc(n23)S1. The van der Waals surface area contributed by atoms with Gasteiger partial charge in [0, 0.05) is 35.3 Å². The highest BCUT2D eigenvalue weighted by Gasteiger charge is 2.25. The number of hydrogen-bond donors (Lipinski definition) is 1.